The Bertz CT molecular complexity index is 3330. The van der Waals surface area contributed by atoms with Crippen molar-refractivity contribution in [3.63, 3.8) is 0 Å². The fourth-order valence-electron chi connectivity index (χ4n) is 10.3. The van der Waals surface area contributed by atoms with Gasteiger partial charge >= 0.3 is 0 Å². The van der Waals surface area contributed by atoms with Crippen molar-refractivity contribution in [3.8, 4) is 56.4 Å². The molecule has 0 N–H and O–H groups in total. The fourth-order valence-corrected chi connectivity index (χ4v) is 10.3. The van der Waals surface area contributed by atoms with Gasteiger partial charge in [-0.05, 0) is 69.8 Å². The van der Waals surface area contributed by atoms with Crippen molar-refractivity contribution >= 4 is 39.0 Å². The van der Waals surface area contributed by atoms with Crippen LogP contribution in [0.3, 0.4) is 0 Å². The number of hydrogen-bond acceptors (Lipinski definition) is 5. The Hall–Kier alpha value is -7.63. The zero-order valence-electron chi connectivity index (χ0n) is 35.0. The molecular formula is C57H42N4O. The molecule has 296 valence electrons. The molecule has 10 aromatic rings. The van der Waals surface area contributed by atoms with Crippen molar-refractivity contribution in [2.45, 2.75) is 38.5 Å². The van der Waals surface area contributed by atoms with Crippen LogP contribution in [0.25, 0.3) is 78.4 Å². The highest BCUT2D eigenvalue weighted by Crippen LogP contribution is 2.58. The van der Waals surface area contributed by atoms with Gasteiger partial charge in [0.05, 0.1) is 11.4 Å². The lowest BCUT2D eigenvalue weighted by Crippen LogP contribution is -2.17. The topological polar surface area (TPSA) is 55.1 Å². The minimum Gasteiger partial charge on any atom is -0.456 e. The van der Waals surface area contributed by atoms with E-state index in [9.17, 15) is 0 Å². The number of rotatable bonds is 6. The summed E-state index contributed by atoms with van der Waals surface area (Å²) in [6.45, 7) is 9.39. The lowest BCUT2D eigenvalue weighted by atomic mass is 9.82. The van der Waals surface area contributed by atoms with Crippen LogP contribution in [0, 0.1) is 0 Å². The molecule has 0 saturated carbocycles. The van der Waals surface area contributed by atoms with Crippen LogP contribution < -0.4 is 4.90 Å². The Morgan fingerprint density at radius 1 is 0.403 bits per heavy atom. The number of fused-ring (bicyclic) bond motifs is 9. The van der Waals surface area contributed by atoms with E-state index in [4.69, 9.17) is 19.4 Å². The van der Waals surface area contributed by atoms with E-state index in [-0.39, 0.29) is 10.8 Å². The standard InChI is InChI=1S/C57H42N4O/c1-56(2)42-26-11-8-22-38(42)51-44(56)28-16-30-46(51)61(47-31-17-29-45-52(47)39-23-9-12-27-43(39)57(45,3)4)37-21-14-20-36(34-37)54-58-53(35-18-6-5-7-19-35)59-55(60-54)41-25-15-33-49-50(41)40-24-10-13-32-48(40)62-49/h5-34H,1-4H3. The molecule has 2 aliphatic rings. The second kappa shape index (κ2) is 13.4. The zero-order valence-corrected chi connectivity index (χ0v) is 35.0. The third-order valence-electron chi connectivity index (χ3n) is 13.3. The largest absolute Gasteiger partial charge is 0.456 e. The molecule has 0 radical (unpaired) electrons. The van der Waals surface area contributed by atoms with Crippen LogP contribution in [-0.2, 0) is 10.8 Å². The van der Waals surface area contributed by atoms with Gasteiger partial charge in [0.1, 0.15) is 11.2 Å². The maximum atomic E-state index is 6.33. The minimum atomic E-state index is -0.166. The first-order valence-electron chi connectivity index (χ1n) is 21.4. The number of aromatic nitrogens is 3. The predicted molar refractivity (Wildman–Crippen MR) is 253 cm³/mol. The van der Waals surface area contributed by atoms with Crippen LogP contribution in [0.15, 0.2) is 186 Å². The van der Waals surface area contributed by atoms with Crippen LogP contribution >= 0.6 is 0 Å². The van der Waals surface area contributed by atoms with Gasteiger partial charge in [-0.1, -0.05) is 173 Å². The molecule has 62 heavy (non-hydrogen) atoms. The number of furan rings is 1. The summed E-state index contributed by atoms with van der Waals surface area (Å²) < 4.78 is 6.33. The SMILES string of the molecule is CC1(C)c2ccccc2-c2c(N(c3cccc(-c4nc(-c5ccccc5)nc(-c5cccc6oc7ccccc7c56)n4)c3)c3cccc4c3-c3ccccc3C4(C)C)cccc21. The second-order valence-corrected chi connectivity index (χ2v) is 17.6. The van der Waals surface area contributed by atoms with Crippen LogP contribution in [-0.4, -0.2) is 15.0 Å². The van der Waals surface area contributed by atoms with Gasteiger partial charge in [0.15, 0.2) is 17.5 Å². The summed E-state index contributed by atoms with van der Waals surface area (Å²) in [5, 5.41) is 2.01. The Morgan fingerprint density at radius 2 is 0.887 bits per heavy atom. The third-order valence-corrected chi connectivity index (χ3v) is 13.3. The molecule has 5 heteroatoms. The van der Waals surface area contributed by atoms with Gasteiger partial charge in [-0.25, -0.2) is 15.0 Å². The molecule has 0 aliphatic heterocycles. The molecule has 0 spiro atoms. The summed E-state index contributed by atoms with van der Waals surface area (Å²) in [6, 6.07) is 64.6. The Balaban J connectivity index is 1.11. The lowest BCUT2D eigenvalue weighted by Gasteiger charge is -2.31. The minimum absolute atomic E-state index is 0.166. The summed E-state index contributed by atoms with van der Waals surface area (Å²) in [5.74, 6) is 1.79. The summed E-state index contributed by atoms with van der Waals surface area (Å²) in [4.78, 5) is 18.2. The van der Waals surface area contributed by atoms with Crippen LogP contribution in [0.5, 0.6) is 0 Å². The predicted octanol–water partition coefficient (Wildman–Crippen LogP) is 14.9. The van der Waals surface area contributed by atoms with Gasteiger partial charge in [-0.2, -0.15) is 0 Å². The van der Waals surface area contributed by atoms with Crippen LogP contribution in [0.1, 0.15) is 49.9 Å². The molecule has 0 fully saturated rings. The number of benzene rings is 8. The average molecular weight is 799 g/mol. The van der Waals surface area contributed by atoms with E-state index in [2.05, 4.69) is 166 Å². The maximum Gasteiger partial charge on any atom is 0.164 e. The van der Waals surface area contributed by atoms with Gasteiger partial charge in [-0.3, -0.25) is 0 Å². The van der Waals surface area contributed by atoms with E-state index in [1.54, 1.807) is 0 Å². The quantitative estimate of drug-likeness (QED) is 0.168. The van der Waals surface area contributed by atoms with Gasteiger partial charge < -0.3 is 9.32 Å². The van der Waals surface area contributed by atoms with Gasteiger partial charge in [-0.15, -0.1) is 0 Å². The highest BCUT2D eigenvalue weighted by molar-refractivity contribution is 6.12. The van der Waals surface area contributed by atoms with Gasteiger partial charge in [0.2, 0.25) is 0 Å². The molecule has 0 saturated heterocycles. The monoisotopic (exact) mass is 798 g/mol. The van der Waals surface area contributed by atoms with E-state index in [0.717, 1.165) is 55.7 Å². The summed E-state index contributed by atoms with van der Waals surface area (Å²) in [7, 11) is 0. The van der Waals surface area contributed by atoms with Crippen LogP contribution in [0.2, 0.25) is 0 Å². The summed E-state index contributed by atoms with van der Waals surface area (Å²) in [5.41, 5.74) is 17.7. The first-order valence-corrected chi connectivity index (χ1v) is 21.4. The molecular weight excluding hydrogens is 757 g/mol. The zero-order chi connectivity index (χ0) is 41.7. The number of nitrogens with zero attached hydrogens (tertiary/aromatic N) is 4. The second-order valence-electron chi connectivity index (χ2n) is 17.6. The van der Waals surface area contributed by atoms with Crippen LogP contribution in [0.4, 0.5) is 17.1 Å². The molecule has 2 heterocycles. The number of para-hydroxylation sites is 1. The molecule has 0 amide bonds. The molecule has 0 bridgehead atoms. The smallest absolute Gasteiger partial charge is 0.164 e. The lowest BCUT2D eigenvalue weighted by molar-refractivity contribution is 0.660. The van der Waals surface area contributed by atoms with Crippen molar-refractivity contribution < 1.29 is 4.42 Å². The molecule has 8 aromatic carbocycles. The van der Waals surface area contributed by atoms with Crippen molar-refractivity contribution in [3.05, 3.63) is 204 Å². The highest BCUT2D eigenvalue weighted by atomic mass is 16.3. The molecule has 0 atom stereocenters. The van der Waals surface area contributed by atoms with E-state index in [0.29, 0.717) is 17.5 Å². The Kier molecular flexibility index (Phi) is 7.85. The molecule has 0 unspecified atom stereocenters. The maximum absolute atomic E-state index is 6.33. The average Bonchev–Trinajstić information content (AvgIpc) is 3.90. The van der Waals surface area contributed by atoms with Crippen molar-refractivity contribution in [2.24, 2.45) is 0 Å². The van der Waals surface area contributed by atoms with Gasteiger partial charge in [0, 0.05) is 55.1 Å². The first-order chi connectivity index (χ1) is 30.3. The third kappa shape index (κ3) is 5.31. The first kappa shape index (κ1) is 36.2. The highest BCUT2D eigenvalue weighted by Gasteiger charge is 2.40. The van der Waals surface area contributed by atoms with Gasteiger partial charge in [0.25, 0.3) is 0 Å². The molecule has 5 nitrogen and oxygen atoms in total. The van der Waals surface area contributed by atoms with E-state index in [1.165, 1.54) is 44.5 Å². The van der Waals surface area contributed by atoms with Crippen molar-refractivity contribution in [1.29, 1.82) is 0 Å². The summed E-state index contributed by atoms with van der Waals surface area (Å²) in [6.07, 6.45) is 0. The van der Waals surface area contributed by atoms with Crippen molar-refractivity contribution in [1.82, 2.24) is 15.0 Å². The fraction of sp³-hybridized carbons (Fsp3) is 0.105. The van der Waals surface area contributed by atoms with E-state index in [1.807, 2.05) is 48.5 Å². The summed E-state index contributed by atoms with van der Waals surface area (Å²) >= 11 is 0. The van der Waals surface area contributed by atoms with E-state index < -0.39 is 0 Å². The Labute approximate surface area is 361 Å². The number of hydrogen-bond donors (Lipinski definition) is 0. The molecule has 12 rings (SSSR count). The van der Waals surface area contributed by atoms with Crippen molar-refractivity contribution in [2.75, 3.05) is 4.90 Å². The normalized spacial score (nSPS) is 14.1. The number of anilines is 3. The molecule has 2 aromatic heterocycles. The molecule has 2 aliphatic carbocycles. The van der Waals surface area contributed by atoms with E-state index >= 15 is 0 Å². The Morgan fingerprint density at radius 3 is 1.56 bits per heavy atom.